The highest BCUT2D eigenvalue weighted by atomic mass is 16.5. The molecule has 0 atom stereocenters. The first kappa shape index (κ1) is 17.7. The number of aromatic nitrogens is 1. The highest BCUT2D eigenvalue weighted by Crippen LogP contribution is 2.17. The van der Waals surface area contributed by atoms with Gasteiger partial charge in [0, 0.05) is 18.3 Å². The van der Waals surface area contributed by atoms with Crippen LogP contribution in [0, 0.1) is 0 Å². The summed E-state index contributed by atoms with van der Waals surface area (Å²) < 4.78 is 7.79. The van der Waals surface area contributed by atoms with Gasteiger partial charge in [0.15, 0.2) is 0 Å². The summed E-state index contributed by atoms with van der Waals surface area (Å²) in [6, 6.07) is 21.1. The number of carbonyl (C=O) groups is 1. The SMILES string of the molecule is C=CCCCn1cccc1C(=O)c1ccc(OCc2ccccc2)cc1. The fourth-order valence-corrected chi connectivity index (χ4v) is 2.81. The Hall–Kier alpha value is -3.07. The second-order valence-corrected chi connectivity index (χ2v) is 6.15. The van der Waals surface area contributed by atoms with Crippen molar-refractivity contribution in [2.24, 2.45) is 0 Å². The molecular weight excluding hydrogens is 322 g/mol. The van der Waals surface area contributed by atoms with Gasteiger partial charge in [-0.05, 0) is 54.8 Å². The van der Waals surface area contributed by atoms with Crippen LogP contribution < -0.4 is 4.74 Å². The van der Waals surface area contributed by atoms with Crippen molar-refractivity contribution in [2.45, 2.75) is 26.0 Å². The molecule has 3 heteroatoms. The third kappa shape index (κ3) is 4.51. The molecule has 26 heavy (non-hydrogen) atoms. The minimum absolute atomic E-state index is 0.0308. The Labute approximate surface area is 154 Å². The first-order valence-electron chi connectivity index (χ1n) is 8.85. The highest BCUT2D eigenvalue weighted by molar-refractivity contribution is 6.08. The van der Waals surface area contributed by atoms with Crippen molar-refractivity contribution < 1.29 is 9.53 Å². The lowest BCUT2D eigenvalue weighted by molar-refractivity contribution is 0.103. The van der Waals surface area contributed by atoms with Gasteiger partial charge in [-0.2, -0.15) is 0 Å². The molecule has 3 rings (SSSR count). The van der Waals surface area contributed by atoms with Gasteiger partial charge in [0.1, 0.15) is 12.4 Å². The Kier molecular flexibility index (Phi) is 6.05. The fraction of sp³-hybridized carbons (Fsp3) is 0.174. The topological polar surface area (TPSA) is 31.2 Å². The average Bonchev–Trinajstić information content (AvgIpc) is 3.16. The lowest BCUT2D eigenvalue weighted by Gasteiger charge is -2.09. The zero-order chi connectivity index (χ0) is 18.2. The van der Waals surface area contributed by atoms with Crippen LogP contribution in [0.25, 0.3) is 0 Å². The Morgan fingerprint density at radius 1 is 1.00 bits per heavy atom. The monoisotopic (exact) mass is 345 g/mol. The molecule has 0 unspecified atom stereocenters. The van der Waals surface area contributed by atoms with Crippen molar-refractivity contribution in [1.29, 1.82) is 0 Å². The number of carbonyl (C=O) groups excluding carboxylic acids is 1. The van der Waals surface area contributed by atoms with E-state index in [9.17, 15) is 4.79 Å². The molecule has 0 aliphatic heterocycles. The fourth-order valence-electron chi connectivity index (χ4n) is 2.81. The van der Waals surface area contributed by atoms with Gasteiger partial charge in [0.05, 0.1) is 5.69 Å². The molecule has 3 aromatic rings. The maximum atomic E-state index is 12.8. The van der Waals surface area contributed by atoms with Crippen LogP contribution in [0.2, 0.25) is 0 Å². The molecule has 1 aromatic heterocycles. The molecule has 0 N–H and O–H groups in total. The normalized spacial score (nSPS) is 10.5. The van der Waals surface area contributed by atoms with E-state index in [1.165, 1.54) is 0 Å². The molecule has 0 radical (unpaired) electrons. The number of benzene rings is 2. The van der Waals surface area contributed by atoms with Crippen LogP contribution in [0.5, 0.6) is 5.75 Å². The molecule has 3 nitrogen and oxygen atoms in total. The maximum Gasteiger partial charge on any atom is 0.209 e. The van der Waals surface area contributed by atoms with Crippen LogP contribution in [0.4, 0.5) is 0 Å². The van der Waals surface area contributed by atoms with Crippen molar-refractivity contribution in [2.75, 3.05) is 0 Å². The van der Waals surface area contributed by atoms with E-state index < -0.39 is 0 Å². The summed E-state index contributed by atoms with van der Waals surface area (Å²) in [7, 11) is 0. The lowest BCUT2D eigenvalue weighted by atomic mass is 10.1. The highest BCUT2D eigenvalue weighted by Gasteiger charge is 2.13. The van der Waals surface area contributed by atoms with Crippen molar-refractivity contribution in [3.63, 3.8) is 0 Å². The third-order valence-electron chi connectivity index (χ3n) is 4.23. The standard InChI is InChI=1S/C23H23NO2/c1-2-3-7-16-24-17-8-11-22(24)23(25)20-12-14-21(15-13-20)26-18-19-9-5-4-6-10-19/h2,4-6,8-15,17H,1,3,7,16,18H2. The first-order chi connectivity index (χ1) is 12.8. The summed E-state index contributed by atoms with van der Waals surface area (Å²) in [5.41, 5.74) is 2.50. The minimum Gasteiger partial charge on any atom is -0.489 e. The van der Waals surface area contributed by atoms with Crippen molar-refractivity contribution >= 4 is 5.78 Å². The van der Waals surface area contributed by atoms with Gasteiger partial charge in [-0.25, -0.2) is 0 Å². The van der Waals surface area contributed by atoms with E-state index >= 15 is 0 Å². The molecule has 0 aliphatic carbocycles. The predicted octanol–water partition coefficient (Wildman–Crippen LogP) is 5.26. The Balaban J connectivity index is 1.64. The number of ether oxygens (including phenoxy) is 1. The maximum absolute atomic E-state index is 12.8. The van der Waals surface area contributed by atoms with E-state index in [-0.39, 0.29) is 5.78 Å². The van der Waals surface area contributed by atoms with Crippen molar-refractivity contribution in [3.05, 3.63) is 102 Å². The zero-order valence-electron chi connectivity index (χ0n) is 14.8. The number of hydrogen-bond donors (Lipinski definition) is 0. The molecule has 1 heterocycles. The lowest BCUT2D eigenvalue weighted by Crippen LogP contribution is -2.10. The predicted molar refractivity (Wildman–Crippen MR) is 105 cm³/mol. The Morgan fingerprint density at radius 2 is 1.77 bits per heavy atom. The van der Waals surface area contributed by atoms with Gasteiger partial charge >= 0.3 is 0 Å². The zero-order valence-corrected chi connectivity index (χ0v) is 14.8. The average molecular weight is 345 g/mol. The van der Waals surface area contributed by atoms with E-state index in [0.29, 0.717) is 17.9 Å². The number of aryl methyl sites for hydroxylation is 1. The number of hydrogen-bond acceptors (Lipinski definition) is 2. The molecule has 0 bridgehead atoms. The molecule has 0 saturated carbocycles. The number of allylic oxidation sites excluding steroid dienone is 1. The Morgan fingerprint density at radius 3 is 2.50 bits per heavy atom. The van der Waals surface area contributed by atoms with Crippen LogP contribution in [0.1, 0.15) is 34.5 Å². The largest absolute Gasteiger partial charge is 0.489 e. The molecular formula is C23H23NO2. The van der Waals surface area contributed by atoms with E-state index in [2.05, 4.69) is 6.58 Å². The van der Waals surface area contributed by atoms with Crippen molar-refractivity contribution in [3.8, 4) is 5.75 Å². The van der Waals surface area contributed by atoms with E-state index in [1.54, 1.807) is 0 Å². The number of rotatable bonds is 9. The summed E-state index contributed by atoms with van der Waals surface area (Å²) in [4.78, 5) is 12.8. The quantitative estimate of drug-likeness (QED) is 0.301. The minimum atomic E-state index is 0.0308. The summed E-state index contributed by atoms with van der Waals surface area (Å²) in [5, 5.41) is 0. The van der Waals surface area contributed by atoms with Crippen LogP contribution in [0.3, 0.4) is 0 Å². The summed E-state index contributed by atoms with van der Waals surface area (Å²) >= 11 is 0. The van der Waals surface area contributed by atoms with Crippen LogP contribution in [-0.4, -0.2) is 10.4 Å². The van der Waals surface area contributed by atoms with E-state index in [0.717, 1.165) is 30.7 Å². The van der Waals surface area contributed by atoms with Gasteiger partial charge in [-0.15, -0.1) is 6.58 Å². The van der Waals surface area contributed by atoms with Gasteiger partial charge in [0.25, 0.3) is 0 Å². The molecule has 132 valence electrons. The van der Waals surface area contributed by atoms with Gasteiger partial charge < -0.3 is 9.30 Å². The van der Waals surface area contributed by atoms with Gasteiger partial charge in [0.2, 0.25) is 5.78 Å². The van der Waals surface area contributed by atoms with Crippen molar-refractivity contribution in [1.82, 2.24) is 4.57 Å². The molecule has 0 saturated heterocycles. The summed E-state index contributed by atoms with van der Waals surface area (Å²) in [6.07, 6.45) is 5.77. The van der Waals surface area contributed by atoms with E-state index in [1.807, 2.05) is 83.6 Å². The Bertz CT molecular complexity index is 847. The first-order valence-corrected chi connectivity index (χ1v) is 8.85. The number of unbranched alkanes of at least 4 members (excludes halogenated alkanes) is 1. The van der Waals surface area contributed by atoms with Crippen LogP contribution in [0.15, 0.2) is 85.6 Å². The van der Waals surface area contributed by atoms with E-state index in [4.69, 9.17) is 4.74 Å². The third-order valence-corrected chi connectivity index (χ3v) is 4.23. The second kappa shape index (κ2) is 8.86. The van der Waals surface area contributed by atoms with Gasteiger partial charge in [-0.3, -0.25) is 4.79 Å². The van der Waals surface area contributed by atoms with Gasteiger partial charge in [-0.1, -0.05) is 36.4 Å². The second-order valence-electron chi connectivity index (χ2n) is 6.15. The molecule has 0 spiro atoms. The molecule has 0 fully saturated rings. The smallest absolute Gasteiger partial charge is 0.209 e. The number of nitrogens with zero attached hydrogens (tertiary/aromatic N) is 1. The van der Waals surface area contributed by atoms with Crippen LogP contribution >= 0.6 is 0 Å². The molecule has 2 aromatic carbocycles. The summed E-state index contributed by atoms with van der Waals surface area (Å²) in [5.74, 6) is 0.787. The molecule has 0 aliphatic rings. The van der Waals surface area contributed by atoms with Crippen LogP contribution in [-0.2, 0) is 13.2 Å². The molecule has 0 amide bonds. The number of ketones is 1. The summed E-state index contributed by atoms with van der Waals surface area (Å²) in [6.45, 7) is 5.07.